The van der Waals surface area contributed by atoms with Gasteiger partial charge >= 0.3 is 6.18 Å². The first-order valence-electron chi connectivity index (χ1n) is 12.0. The molecule has 1 aromatic carbocycles. The van der Waals surface area contributed by atoms with Crippen LogP contribution in [0.15, 0.2) is 24.4 Å². The Morgan fingerprint density at radius 2 is 1.89 bits per heavy atom. The maximum absolute atomic E-state index is 13.3. The van der Waals surface area contributed by atoms with Crippen molar-refractivity contribution in [3.05, 3.63) is 41.5 Å². The number of halogens is 3. The van der Waals surface area contributed by atoms with Gasteiger partial charge in [-0.3, -0.25) is 9.36 Å². The third kappa shape index (κ3) is 6.64. The largest absolute Gasteiger partial charge is 0.495 e. The smallest absolute Gasteiger partial charge is 0.394 e. The average molecular weight is 546 g/mol. The van der Waals surface area contributed by atoms with E-state index < -0.39 is 38.2 Å². The number of amides is 1. The number of alkyl halides is 3. The van der Waals surface area contributed by atoms with Crippen molar-refractivity contribution in [1.82, 2.24) is 14.9 Å². The second kappa shape index (κ2) is 10.3. The second-order valence-electron chi connectivity index (χ2n) is 10.5. The van der Waals surface area contributed by atoms with Gasteiger partial charge in [0.05, 0.1) is 29.1 Å². The van der Waals surface area contributed by atoms with Gasteiger partial charge in [0.2, 0.25) is 0 Å². The van der Waals surface area contributed by atoms with Gasteiger partial charge < -0.3 is 15.2 Å². The summed E-state index contributed by atoms with van der Waals surface area (Å²) in [6.45, 7) is 3.93. The third-order valence-corrected chi connectivity index (χ3v) is 8.76. The van der Waals surface area contributed by atoms with Crippen LogP contribution in [0.1, 0.15) is 61.4 Å². The number of hydrogen-bond acceptors (Lipinski definition) is 6. The predicted molar refractivity (Wildman–Crippen MR) is 133 cm³/mol. The number of sulfone groups is 1. The molecular weight excluding hydrogens is 511 g/mol. The molecule has 37 heavy (non-hydrogen) atoms. The Morgan fingerprint density at radius 3 is 2.43 bits per heavy atom. The number of benzene rings is 1. The van der Waals surface area contributed by atoms with E-state index in [-0.39, 0.29) is 31.5 Å². The van der Waals surface area contributed by atoms with Crippen LogP contribution in [0.2, 0.25) is 0 Å². The number of nitrogens with zero attached hydrogens (tertiary/aromatic N) is 2. The van der Waals surface area contributed by atoms with Gasteiger partial charge in [0.1, 0.15) is 27.1 Å². The van der Waals surface area contributed by atoms with E-state index in [9.17, 15) is 31.5 Å². The molecule has 3 rings (SSSR count). The van der Waals surface area contributed by atoms with Crippen LogP contribution in [0, 0.1) is 12.3 Å². The zero-order chi connectivity index (χ0) is 27.8. The first kappa shape index (κ1) is 29.0. The zero-order valence-electron chi connectivity index (χ0n) is 21.6. The molecule has 1 saturated carbocycles. The minimum Gasteiger partial charge on any atom is -0.495 e. The van der Waals surface area contributed by atoms with Crippen molar-refractivity contribution >= 4 is 15.7 Å². The van der Waals surface area contributed by atoms with Gasteiger partial charge in [-0.2, -0.15) is 13.2 Å². The fourth-order valence-electron chi connectivity index (χ4n) is 4.54. The Kier molecular flexibility index (Phi) is 8.05. The van der Waals surface area contributed by atoms with Gasteiger partial charge in [0.25, 0.3) is 5.91 Å². The van der Waals surface area contributed by atoms with Crippen LogP contribution < -0.4 is 10.1 Å². The topological polar surface area (TPSA) is 111 Å². The molecule has 0 spiro atoms. The van der Waals surface area contributed by atoms with E-state index in [1.54, 1.807) is 29.7 Å². The highest BCUT2D eigenvalue weighted by Gasteiger charge is 2.47. The van der Waals surface area contributed by atoms with Gasteiger partial charge in [0.15, 0.2) is 0 Å². The number of carbonyl (C=O) groups excluding carboxylic acids is 1. The molecule has 0 aliphatic heterocycles. The van der Waals surface area contributed by atoms with Crippen molar-refractivity contribution in [2.45, 2.75) is 69.9 Å². The highest BCUT2D eigenvalue weighted by Crippen LogP contribution is 2.41. The molecule has 1 aliphatic rings. The van der Waals surface area contributed by atoms with Gasteiger partial charge in [-0.05, 0) is 56.7 Å². The Balaban J connectivity index is 1.73. The minimum atomic E-state index is -4.36. The van der Waals surface area contributed by atoms with Crippen LogP contribution in [-0.2, 0) is 16.3 Å². The number of imidazole rings is 1. The van der Waals surface area contributed by atoms with Gasteiger partial charge in [-0.25, -0.2) is 13.4 Å². The third-order valence-electron chi connectivity index (χ3n) is 7.08. The van der Waals surface area contributed by atoms with Crippen molar-refractivity contribution in [1.29, 1.82) is 0 Å². The summed E-state index contributed by atoms with van der Waals surface area (Å²) in [5.41, 5.74) is -2.05. The molecular formula is C25H34F3N3O5S. The number of methoxy groups -OCH3 is 1. The summed E-state index contributed by atoms with van der Waals surface area (Å²) >= 11 is 0. The Morgan fingerprint density at radius 1 is 1.27 bits per heavy atom. The molecule has 2 N–H and O–H groups in total. The molecule has 1 fully saturated rings. The molecule has 0 bridgehead atoms. The first-order valence-corrected chi connectivity index (χ1v) is 13.9. The Bertz CT molecular complexity index is 1250. The van der Waals surface area contributed by atoms with E-state index in [1.807, 2.05) is 0 Å². The van der Waals surface area contributed by atoms with Crippen LogP contribution >= 0.6 is 0 Å². The molecule has 1 heterocycles. The molecule has 0 saturated heterocycles. The number of nitrogens with one attached hydrogen (secondary N) is 1. The van der Waals surface area contributed by atoms with Gasteiger partial charge in [0, 0.05) is 19.0 Å². The van der Waals surface area contributed by atoms with Crippen molar-refractivity contribution in [3.63, 3.8) is 0 Å². The molecule has 0 radical (unpaired) electrons. The van der Waals surface area contributed by atoms with Gasteiger partial charge in [-0.15, -0.1) is 0 Å². The lowest BCUT2D eigenvalue weighted by atomic mass is 9.84. The molecule has 1 aliphatic carbocycles. The SMILES string of the molecule is COc1cc(CC(C)(C)C(F)(F)F)ccc1-n1cc(C(=O)NCC2(O)CCC(S(C)(=O)=O)CC2)nc1C. The fourth-order valence-corrected chi connectivity index (χ4v) is 5.63. The van der Waals surface area contributed by atoms with Crippen molar-refractivity contribution in [3.8, 4) is 11.4 Å². The molecule has 206 valence electrons. The van der Waals surface area contributed by atoms with E-state index in [1.165, 1.54) is 19.6 Å². The lowest BCUT2D eigenvalue weighted by Crippen LogP contribution is -2.47. The zero-order valence-corrected chi connectivity index (χ0v) is 22.5. The van der Waals surface area contributed by atoms with Crippen molar-refractivity contribution in [2.75, 3.05) is 19.9 Å². The first-order chi connectivity index (χ1) is 17.0. The molecule has 0 unspecified atom stereocenters. The van der Waals surface area contributed by atoms with Crippen LogP contribution in [-0.4, -0.2) is 65.9 Å². The fraction of sp³-hybridized carbons (Fsp3) is 0.600. The number of aromatic nitrogens is 2. The summed E-state index contributed by atoms with van der Waals surface area (Å²) in [4.78, 5) is 17.1. The molecule has 0 atom stereocenters. The Labute approximate surface area is 215 Å². The molecule has 1 aromatic heterocycles. The normalized spacial score (nSPS) is 21.1. The number of rotatable bonds is 8. The summed E-state index contributed by atoms with van der Waals surface area (Å²) in [5.74, 6) is 0.280. The lowest BCUT2D eigenvalue weighted by molar-refractivity contribution is -0.211. The maximum Gasteiger partial charge on any atom is 0.394 e. The monoisotopic (exact) mass is 545 g/mol. The van der Waals surface area contributed by atoms with Gasteiger partial charge in [-0.1, -0.05) is 19.9 Å². The molecule has 12 heteroatoms. The standard InChI is InChI=1S/C25H34F3N3O5S/c1-16-30-19(22(32)29-15-24(33)10-8-18(9-11-24)37(5,34)35)14-31(16)20-7-6-17(12-21(20)36-4)13-23(2,3)25(26,27)28/h6-7,12,14,18,33H,8-11,13,15H2,1-5H3,(H,29,32). The van der Waals surface area contributed by atoms with E-state index in [0.29, 0.717) is 35.7 Å². The molecule has 1 amide bonds. The molecule has 2 aromatic rings. The van der Waals surface area contributed by atoms with Crippen LogP contribution in [0.4, 0.5) is 13.2 Å². The molecule has 8 nitrogen and oxygen atoms in total. The van der Waals surface area contributed by atoms with E-state index in [0.717, 1.165) is 13.8 Å². The number of carbonyl (C=O) groups is 1. The highest BCUT2D eigenvalue weighted by atomic mass is 32.2. The maximum atomic E-state index is 13.3. The lowest BCUT2D eigenvalue weighted by Gasteiger charge is -2.35. The van der Waals surface area contributed by atoms with Crippen molar-refractivity contribution in [2.24, 2.45) is 5.41 Å². The van der Waals surface area contributed by atoms with Crippen LogP contribution in [0.3, 0.4) is 0 Å². The average Bonchev–Trinajstić information content (AvgIpc) is 3.17. The Hall–Kier alpha value is -2.60. The number of ether oxygens (including phenoxy) is 1. The number of aliphatic hydroxyl groups is 1. The summed E-state index contributed by atoms with van der Waals surface area (Å²) in [5, 5.41) is 13.0. The quantitative estimate of drug-likeness (QED) is 0.523. The second-order valence-corrected chi connectivity index (χ2v) is 12.9. The minimum absolute atomic E-state index is 0.0404. The van der Waals surface area contributed by atoms with E-state index in [2.05, 4.69) is 10.3 Å². The highest BCUT2D eigenvalue weighted by molar-refractivity contribution is 7.91. The van der Waals surface area contributed by atoms with E-state index in [4.69, 9.17) is 4.74 Å². The van der Waals surface area contributed by atoms with E-state index >= 15 is 0 Å². The van der Waals surface area contributed by atoms with Crippen molar-refractivity contribution < 1.29 is 36.2 Å². The number of hydrogen-bond donors (Lipinski definition) is 2. The predicted octanol–water partition coefficient (Wildman–Crippen LogP) is 3.77. The summed E-state index contributed by atoms with van der Waals surface area (Å²) < 4.78 is 70.5. The van der Waals surface area contributed by atoms with Crippen LogP contribution in [0.5, 0.6) is 5.75 Å². The van der Waals surface area contributed by atoms with Crippen LogP contribution in [0.25, 0.3) is 5.69 Å². The summed E-state index contributed by atoms with van der Waals surface area (Å²) in [7, 11) is -1.76. The summed E-state index contributed by atoms with van der Waals surface area (Å²) in [6, 6.07) is 4.76. The summed E-state index contributed by atoms with van der Waals surface area (Å²) in [6.07, 6.45) is -0.731. The number of aryl methyl sites for hydroxylation is 1.